The average molecular weight is 292 g/mol. The Morgan fingerprint density at radius 1 is 1.40 bits per heavy atom. The van der Waals surface area contributed by atoms with Crippen LogP contribution in [0.1, 0.15) is 45.4 Å². The van der Waals surface area contributed by atoms with E-state index in [9.17, 15) is 0 Å². The van der Waals surface area contributed by atoms with Crippen LogP contribution in [-0.4, -0.2) is 11.0 Å². The smallest absolute Gasteiger partial charge is 0.167 e. The Morgan fingerprint density at radius 2 is 2.25 bits per heavy atom. The van der Waals surface area contributed by atoms with Crippen molar-refractivity contribution in [1.29, 1.82) is 0 Å². The maximum atomic E-state index is 6.74. The maximum Gasteiger partial charge on any atom is 0.167 e. The first kappa shape index (κ1) is 14.1. The monoisotopic (exact) mass is 292 g/mol. The Balaban J connectivity index is 1.78. The number of anilines is 1. The lowest BCUT2D eigenvalue weighted by Crippen LogP contribution is -2.54. The van der Waals surface area contributed by atoms with Crippen molar-refractivity contribution in [3.8, 4) is 5.75 Å². The molecule has 20 heavy (non-hydrogen) atoms. The van der Waals surface area contributed by atoms with Crippen LogP contribution in [0.15, 0.2) is 24.3 Å². The number of nitrogens with one attached hydrogen (secondary N) is 1. The molecule has 1 aliphatic heterocycles. The van der Waals surface area contributed by atoms with Gasteiger partial charge in [-0.15, -0.1) is 0 Å². The minimum Gasteiger partial charge on any atom is -0.475 e. The van der Waals surface area contributed by atoms with E-state index in [4.69, 9.17) is 10.5 Å². The lowest BCUT2D eigenvalue weighted by Gasteiger charge is -2.45. The van der Waals surface area contributed by atoms with Gasteiger partial charge in [0.25, 0.3) is 0 Å². The molecular weight excluding hydrogens is 268 g/mol. The van der Waals surface area contributed by atoms with Crippen molar-refractivity contribution in [1.82, 2.24) is 0 Å². The number of fused-ring (bicyclic) bond motifs is 1. The van der Waals surface area contributed by atoms with Crippen molar-refractivity contribution in [2.75, 3.05) is 4.72 Å². The lowest BCUT2D eigenvalue weighted by molar-refractivity contribution is 0.0935. The number of nitrogens with two attached hydrogens (primary N) is 1. The van der Waals surface area contributed by atoms with Crippen molar-refractivity contribution >= 4 is 17.6 Å². The van der Waals surface area contributed by atoms with Crippen molar-refractivity contribution in [3.63, 3.8) is 0 Å². The molecule has 0 spiro atoms. The van der Waals surface area contributed by atoms with E-state index in [1.165, 1.54) is 19.3 Å². The van der Waals surface area contributed by atoms with Gasteiger partial charge in [0, 0.05) is 11.5 Å². The minimum atomic E-state index is -0.0569. The van der Waals surface area contributed by atoms with Crippen LogP contribution in [0, 0.1) is 5.92 Å². The molecule has 0 saturated heterocycles. The summed E-state index contributed by atoms with van der Waals surface area (Å²) in [7, 11) is 0. The highest BCUT2D eigenvalue weighted by molar-refractivity contribution is 8.01. The second-order valence-corrected chi connectivity index (χ2v) is 6.94. The van der Waals surface area contributed by atoms with Gasteiger partial charge in [-0.1, -0.05) is 38.3 Å². The zero-order valence-corrected chi connectivity index (χ0v) is 12.9. The third-order valence-corrected chi connectivity index (χ3v) is 5.60. The summed E-state index contributed by atoms with van der Waals surface area (Å²) in [5, 5.41) is 0. The molecule has 4 heteroatoms. The lowest BCUT2D eigenvalue weighted by atomic mass is 9.71. The Hall–Kier alpha value is -0.870. The van der Waals surface area contributed by atoms with Crippen LogP contribution in [0.25, 0.3) is 0 Å². The maximum absolute atomic E-state index is 6.74. The highest BCUT2D eigenvalue weighted by atomic mass is 32.2. The van der Waals surface area contributed by atoms with Crippen LogP contribution in [-0.2, 0) is 0 Å². The standard InChI is InChI=1S/C16H24N2OS/c1-2-10-16(17)11-6-5-7-12(16)15-19-14-9-4-3-8-13(14)18-20-15/h3-4,8-9,12,15,18H,2,5-7,10-11,17H2,1H3. The van der Waals surface area contributed by atoms with Gasteiger partial charge in [-0.05, 0) is 43.3 Å². The zero-order chi connectivity index (χ0) is 14.0. The van der Waals surface area contributed by atoms with Gasteiger partial charge in [-0.3, -0.25) is 0 Å². The van der Waals surface area contributed by atoms with E-state index in [2.05, 4.69) is 17.7 Å². The Kier molecular flexibility index (Phi) is 4.13. The molecule has 0 amide bonds. The van der Waals surface area contributed by atoms with Gasteiger partial charge in [0.15, 0.2) is 5.44 Å². The summed E-state index contributed by atoms with van der Waals surface area (Å²) < 4.78 is 9.66. The van der Waals surface area contributed by atoms with Crippen LogP contribution in [0.3, 0.4) is 0 Å². The SMILES string of the molecule is CCCC1(N)CCCCC1C1Oc2ccccc2NS1. The van der Waals surface area contributed by atoms with Crippen molar-refractivity contribution in [3.05, 3.63) is 24.3 Å². The predicted molar refractivity (Wildman–Crippen MR) is 85.9 cm³/mol. The normalized spacial score (nSPS) is 32.9. The topological polar surface area (TPSA) is 47.3 Å². The summed E-state index contributed by atoms with van der Waals surface area (Å²) in [6.45, 7) is 2.22. The van der Waals surface area contributed by atoms with Gasteiger partial charge in [-0.25, -0.2) is 0 Å². The molecule has 3 N–H and O–H groups in total. The van der Waals surface area contributed by atoms with Gasteiger partial charge >= 0.3 is 0 Å². The quantitative estimate of drug-likeness (QED) is 0.822. The van der Waals surface area contributed by atoms with Gasteiger partial charge < -0.3 is 15.2 Å². The molecule has 1 aromatic carbocycles. The van der Waals surface area contributed by atoms with Gasteiger partial charge in [0.2, 0.25) is 0 Å². The van der Waals surface area contributed by atoms with E-state index in [0.29, 0.717) is 5.92 Å². The fourth-order valence-electron chi connectivity index (χ4n) is 3.56. The molecule has 110 valence electrons. The molecule has 1 aromatic rings. The van der Waals surface area contributed by atoms with E-state index >= 15 is 0 Å². The molecule has 3 unspecified atom stereocenters. The molecule has 0 aromatic heterocycles. The second-order valence-electron chi connectivity index (χ2n) is 6.04. The molecule has 2 aliphatic rings. The summed E-state index contributed by atoms with van der Waals surface area (Å²) in [6, 6.07) is 8.15. The number of ether oxygens (including phenoxy) is 1. The van der Waals surface area contributed by atoms with Gasteiger partial charge in [0.05, 0.1) is 5.69 Å². The fraction of sp³-hybridized carbons (Fsp3) is 0.625. The third kappa shape index (κ3) is 2.63. The van der Waals surface area contributed by atoms with Crippen LogP contribution >= 0.6 is 11.9 Å². The van der Waals surface area contributed by atoms with Crippen LogP contribution < -0.4 is 15.2 Å². The summed E-state index contributed by atoms with van der Waals surface area (Å²) in [4.78, 5) is 0. The van der Waals surface area contributed by atoms with E-state index in [1.807, 2.05) is 18.2 Å². The first-order chi connectivity index (χ1) is 9.73. The Bertz CT molecular complexity index is 464. The molecule has 3 nitrogen and oxygen atoms in total. The van der Waals surface area contributed by atoms with E-state index in [0.717, 1.165) is 30.7 Å². The molecular formula is C16H24N2OS. The zero-order valence-electron chi connectivity index (χ0n) is 12.1. The largest absolute Gasteiger partial charge is 0.475 e. The summed E-state index contributed by atoms with van der Waals surface area (Å²) in [5.41, 5.74) is 7.89. The van der Waals surface area contributed by atoms with Crippen LogP contribution in [0.2, 0.25) is 0 Å². The molecule has 3 rings (SSSR count). The number of benzene rings is 1. The minimum absolute atomic E-state index is 0.0569. The van der Waals surface area contributed by atoms with Crippen molar-refractivity contribution < 1.29 is 4.74 Å². The van der Waals surface area contributed by atoms with E-state index in [-0.39, 0.29) is 11.0 Å². The number of hydrogen-bond acceptors (Lipinski definition) is 4. The molecule has 3 atom stereocenters. The first-order valence-electron chi connectivity index (χ1n) is 7.69. The summed E-state index contributed by atoms with van der Waals surface area (Å²) >= 11 is 1.69. The van der Waals surface area contributed by atoms with E-state index < -0.39 is 0 Å². The summed E-state index contributed by atoms with van der Waals surface area (Å²) in [5.74, 6) is 1.39. The van der Waals surface area contributed by atoms with Crippen LogP contribution in [0.5, 0.6) is 5.75 Å². The predicted octanol–water partition coefficient (Wildman–Crippen LogP) is 4.15. The molecule has 0 bridgehead atoms. The van der Waals surface area contributed by atoms with Crippen LogP contribution in [0.4, 0.5) is 5.69 Å². The molecule has 1 saturated carbocycles. The van der Waals surface area contributed by atoms with Gasteiger partial charge in [-0.2, -0.15) is 0 Å². The third-order valence-electron chi connectivity index (χ3n) is 4.61. The molecule has 0 radical (unpaired) electrons. The Morgan fingerprint density at radius 3 is 3.10 bits per heavy atom. The highest BCUT2D eigenvalue weighted by Crippen LogP contribution is 2.45. The first-order valence-corrected chi connectivity index (χ1v) is 8.57. The average Bonchev–Trinajstić information content (AvgIpc) is 2.47. The highest BCUT2D eigenvalue weighted by Gasteiger charge is 2.43. The molecule has 1 fully saturated rings. The molecule has 1 heterocycles. The van der Waals surface area contributed by atoms with Crippen molar-refractivity contribution in [2.45, 2.75) is 56.4 Å². The van der Waals surface area contributed by atoms with Crippen molar-refractivity contribution in [2.24, 2.45) is 11.7 Å². The molecule has 1 aliphatic carbocycles. The van der Waals surface area contributed by atoms with E-state index in [1.54, 1.807) is 11.9 Å². The fourth-order valence-corrected chi connectivity index (χ4v) is 4.70. The number of rotatable bonds is 3. The summed E-state index contributed by atoms with van der Waals surface area (Å²) in [6.07, 6.45) is 7.09. The number of para-hydroxylation sites is 2. The Labute approximate surface area is 125 Å². The second kappa shape index (κ2) is 5.86. The van der Waals surface area contributed by atoms with Gasteiger partial charge in [0.1, 0.15) is 5.75 Å². The number of hydrogen-bond donors (Lipinski definition) is 2.